The minimum absolute atomic E-state index is 0.158. The highest BCUT2D eigenvalue weighted by Crippen LogP contribution is 2.30. The molecule has 21 heavy (non-hydrogen) atoms. The van der Waals surface area contributed by atoms with Crippen molar-refractivity contribution in [3.63, 3.8) is 0 Å². The van der Waals surface area contributed by atoms with E-state index in [1.54, 1.807) is 12.1 Å². The predicted molar refractivity (Wildman–Crippen MR) is 79.9 cm³/mol. The molecule has 112 valence electrons. The normalized spacial score (nSPS) is 11.5. The standard InChI is InChI=1S/C15H11BrClF3O/c16-8-11-3-6-14(13(17)7-11)21-9-10-1-4-12(5-2-10)15(18,19)20/h1-7H,8-9H2. The maximum atomic E-state index is 12.4. The topological polar surface area (TPSA) is 9.23 Å². The fourth-order valence-corrected chi connectivity index (χ4v) is 2.30. The van der Waals surface area contributed by atoms with E-state index in [1.165, 1.54) is 12.1 Å². The van der Waals surface area contributed by atoms with Crippen LogP contribution in [0.3, 0.4) is 0 Å². The zero-order chi connectivity index (χ0) is 15.5. The Morgan fingerprint density at radius 1 is 1.00 bits per heavy atom. The number of rotatable bonds is 4. The lowest BCUT2D eigenvalue weighted by atomic mass is 10.1. The highest BCUT2D eigenvalue weighted by Gasteiger charge is 2.29. The Bertz CT molecular complexity index is 611. The Morgan fingerprint density at radius 3 is 2.14 bits per heavy atom. The lowest BCUT2D eigenvalue weighted by Crippen LogP contribution is -2.05. The fourth-order valence-electron chi connectivity index (χ4n) is 1.70. The highest BCUT2D eigenvalue weighted by atomic mass is 79.9. The molecule has 2 aromatic rings. The third kappa shape index (κ3) is 4.38. The molecule has 0 bridgehead atoms. The van der Waals surface area contributed by atoms with E-state index in [4.69, 9.17) is 16.3 Å². The van der Waals surface area contributed by atoms with Crippen molar-refractivity contribution in [2.45, 2.75) is 18.1 Å². The molecule has 0 aliphatic heterocycles. The summed E-state index contributed by atoms with van der Waals surface area (Å²) in [6.07, 6.45) is -4.33. The van der Waals surface area contributed by atoms with Gasteiger partial charge >= 0.3 is 6.18 Å². The summed E-state index contributed by atoms with van der Waals surface area (Å²) in [6, 6.07) is 10.2. The molecule has 0 saturated heterocycles. The van der Waals surface area contributed by atoms with E-state index in [0.29, 0.717) is 21.7 Å². The molecule has 0 aromatic heterocycles. The Labute approximate surface area is 133 Å². The summed E-state index contributed by atoms with van der Waals surface area (Å²) >= 11 is 9.39. The summed E-state index contributed by atoms with van der Waals surface area (Å²) < 4.78 is 42.8. The predicted octanol–water partition coefficient (Wildman–Crippen LogP) is 5.83. The van der Waals surface area contributed by atoms with Crippen LogP contribution in [0.15, 0.2) is 42.5 Å². The molecule has 0 aliphatic rings. The van der Waals surface area contributed by atoms with Gasteiger partial charge in [-0.25, -0.2) is 0 Å². The number of hydrogen-bond donors (Lipinski definition) is 0. The van der Waals surface area contributed by atoms with Crippen molar-refractivity contribution in [2.75, 3.05) is 0 Å². The van der Waals surface area contributed by atoms with Crippen molar-refractivity contribution >= 4 is 27.5 Å². The first kappa shape index (κ1) is 16.2. The average Bonchev–Trinajstić information content (AvgIpc) is 2.45. The van der Waals surface area contributed by atoms with E-state index in [1.807, 2.05) is 6.07 Å². The first-order chi connectivity index (χ1) is 9.90. The Balaban J connectivity index is 2.03. The second-order valence-electron chi connectivity index (χ2n) is 4.38. The van der Waals surface area contributed by atoms with Crippen LogP contribution in [0.1, 0.15) is 16.7 Å². The molecule has 0 radical (unpaired) electrons. The van der Waals surface area contributed by atoms with Crippen LogP contribution in [-0.4, -0.2) is 0 Å². The van der Waals surface area contributed by atoms with Crippen LogP contribution in [0.4, 0.5) is 13.2 Å². The van der Waals surface area contributed by atoms with E-state index < -0.39 is 11.7 Å². The lowest BCUT2D eigenvalue weighted by molar-refractivity contribution is -0.137. The molecule has 0 amide bonds. The van der Waals surface area contributed by atoms with Gasteiger partial charge in [0.05, 0.1) is 10.6 Å². The first-order valence-corrected chi connectivity index (χ1v) is 7.53. The van der Waals surface area contributed by atoms with Gasteiger partial charge in [-0.05, 0) is 35.4 Å². The van der Waals surface area contributed by atoms with E-state index in [2.05, 4.69) is 15.9 Å². The van der Waals surface area contributed by atoms with Crippen LogP contribution in [0, 0.1) is 0 Å². The van der Waals surface area contributed by atoms with Crippen LogP contribution < -0.4 is 4.74 Å². The van der Waals surface area contributed by atoms with E-state index in [9.17, 15) is 13.2 Å². The summed E-state index contributed by atoms with van der Waals surface area (Å²) in [6.45, 7) is 0.158. The fraction of sp³-hybridized carbons (Fsp3) is 0.200. The van der Waals surface area contributed by atoms with Crippen molar-refractivity contribution in [3.8, 4) is 5.75 Å². The number of hydrogen-bond acceptors (Lipinski definition) is 1. The van der Waals surface area contributed by atoms with Gasteiger partial charge < -0.3 is 4.74 Å². The number of benzene rings is 2. The average molecular weight is 380 g/mol. The molecule has 0 N–H and O–H groups in total. The molecule has 0 fully saturated rings. The third-order valence-corrected chi connectivity index (χ3v) is 3.77. The SMILES string of the molecule is FC(F)(F)c1ccc(COc2ccc(CBr)cc2Cl)cc1. The molecular weight excluding hydrogens is 369 g/mol. The van der Waals surface area contributed by atoms with Gasteiger partial charge in [-0.15, -0.1) is 0 Å². The summed E-state index contributed by atoms with van der Waals surface area (Å²) in [5, 5.41) is 1.16. The molecule has 0 aliphatic carbocycles. The lowest BCUT2D eigenvalue weighted by Gasteiger charge is -2.10. The highest BCUT2D eigenvalue weighted by molar-refractivity contribution is 9.08. The van der Waals surface area contributed by atoms with Gasteiger partial charge in [0, 0.05) is 5.33 Å². The number of alkyl halides is 4. The van der Waals surface area contributed by atoms with Crippen LogP contribution in [0.2, 0.25) is 5.02 Å². The molecule has 0 saturated carbocycles. The van der Waals surface area contributed by atoms with E-state index >= 15 is 0 Å². The van der Waals surface area contributed by atoms with Crippen molar-refractivity contribution < 1.29 is 17.9 Å². The second-order valence-corrected chi connectivity index (χ2v) is 5.35. The van der Waals surface area contributed by atoms with E-state index in [0.717, 1.165) is 17.7 Å². The van der Waals surface area contributed by atoms with Gasteiger partial charge in [0.1, 0.15) is 12.4 Å². The molecule has 0 atom stereocenters. The molecular formula is C15H11BrClF3O. The maximum Gasteiger partial charge on any atom is 0.416 e. The molecule has 2 aromatic carbocycles. The first-order valence-electron chi connectivity index (χ1n) is 6.03. The minimum atomic E-state index is -4.33. The molecule has 2 rings (SSSR count). The number of halogens is 5. The largest absolute Gasteiger partial charge is 0.487 e. The van der Waals surface area contributed by atoms with Crippen LogP contribution in [0.5, 0.6) is 5.75 Å². The molecule has 0 heterocycles. The van der Waals surface area contributed by atoms with Crippen LogP contribution in [0.25, 0.3) is 0 Å². The van der Waals surface area contributed by atoms with Gasteiger partial charge in [0.15, 0.2) is 0 Å². The maximum absolute atomic E-state index is 12.4. The third-order valence-electron chi connectivity index (χ3n) is 2.83. The zero-order valence-electron chi connectivity index (χ0n) is 10.8. The van der Waals surface area contributed by atoms with Crippen molar-refractivity contribution in [2.24, 2.45) is 0 Å². The summed E-state index contributed by atoms with van der Waals surface area (Å²) in [5.41, 5.74) is 0.983. The van der Waals surface area contributed by atoms with Gasteiger partial charge in [-0.3, -0.25) is 0 Å². The minimum Gasteiger partial charge on any atom is -0.487 e. The molecule has 0 unspecified atom stereocenters. The van der Waals surface area contributed by atoms with Gasteiger partial charge in [0.2, 0.25) is 0 Å². The zero-order valence-corrected chi connectivity index (χ0v) is 13.1. The van der Waals surface area contributed by atoms with Crippen molar-refractivity contribution in [1.29, 1.82) is 0 Å². The smallest absolute Gasteiger partial charge is 0.416 e. The van der Waals surface area contributed by atoms with Crippen molar-refractivity contribution in [1.82, 2.24) is 0 Å². The molecule has 1 nitrogen and oxygen atoms in total. The Morgan fingerprint density at radius 2 is 1.62 bits per heavy atom. The number of ether oxygens (including phenoxy) is 1. The van der Waals surface area contributed by atoms with Gasteiger partial charge in [-0.1, -0.05) is 45.7 Å². The van der Waals surface area contributed by atoms with Crippen LogP contribution in [-0.2, 0) is 18.1 Å². The summed E-state index contributed by atoms with van der Waals surface area (Å²) in [7, 11) is 0. The Kier molecular flexibility index (Phi) is 5.17. The molecule has 6 heteroatoms. The van der Waals surface area contributed by atoms with Crippen LogP contribution >= 0.6 is 27.5 Å². The summed E-state index contributed by atoms with van der Waals surface area (Å²) in [5.74, 6) is 0.501. The monoisotopic (exact) mass is 378 g/mol. The Hall–Kier alpha value is -1.20. The van der Waals surface area contributed by atoms with E-state index in [-0.39, 0.29) is 6.61 Å². The van der Waals surface area contributed by atoms with Crippen molar-refractivity contribution in [3.05, 3.63) is 64.2 Å². The molecule has 0 spiro atoms. The summed E-state index contributed by atoms with van der Waals surface area (Å²) in [4.78, 5) is 0. The second kappa shape index (κ2) is 6.71. The quantitative estimate of drug-likeness (QED) is 0.607. The van der Waals surface area contributed by atoms with Gasteiger partial charge in [-0.2, -0.15) is 13.2 Å². The van der Waals surface area contributed by atoms with Gasteiger partial charge in [0.25, 0.3) is 0 Å².